The van der Waals surface area contributed by atoms with Crippen molar-refractivity contribution in [2.45, 2.75) is 26.2 Å². The summed E-state index contributed by atoms with van der Waals surface area (Å²) >= 11 is 1.48. The molecular weight excluding hydrogens is 374 g/mol. The molecule has 4 rings (SSSR count). The highest BCUT2D eigenvalue weighted by atomic mass is 32.1. The zero-order valence-corrected chi connectivity index (χ0v) is 16.4. The van der Waals surface area contributed by atoms with E-state index in [1.165, 1.54) is 37.5 Å². The summed E-state index contributed by atoms with van der Waals surface area (Å²) in [5.74, 6) is -0.306. The van der Waals surface area contributed by atoms with Crippen LogP contribution in [0.4, 0.5) is 10.8 Å². The molecule has 3 heterocycles. The lowest BCUT2D eigenvalue weighted by atomic mass is 10.1. The topological polar surface area (TPSA) is 80.1 Å². The number of anilines is 2. The van der Waals surface area contributed by atoms with Crippen LogP contribution in [0, 0.1) is 0 Å². The van der Waals surface area contributed by atoms with E-state index in [0.29, 0.717) is 22.1 Å². The molecule has 2 aromatic heterocycles. The molecule has 3 aromatic rings. The first kappa shape index (κ1) is 18.4. The van der Waals surface area contributed by atoms with Crippen molar-refractivity contribution in [1.29, 1.82) is 0 Å². The van der Waals surface area contributed by atoms with Crippen molar-refractivity contribution in [3.8, 4) is 5.13 Å². The number of nitrogens with zero attached hydrogens (tertiary/aromatic N) is 4. The molecule has 0 atom stereocenters. The van der Waals surface area contributed by atoms with E-state index >= 15 is 0 Å². The van der Waals surface area contributed by atoms with Crippen LogP contribution < -0.4 is 10.2 Å². The number of aromatic nitrogens is 3. The molecule has 1 aliphatic heterocycles. The first-order valence-electron chi connectivity index (χ1n) is 9.30. The standard InChI is InChI=1S/C20H21N5O2S/c1-14(26)15-7-5-8-16(13-15)21-18(27)17-9-6-12-25(17)20-23-22-19(28-20)24-10-3-2-4-11-24/h5-9,12-13H,2-4,10-11H2,1H3,(H,21,27). The zero-order chi connectivity index (χ0) is 19.5. The SMILES string of the molecule is CC(=O)c1cccc(NC(=O)c2cccn2-c2nnc(N3CCCCC3)s2)c1. The van der Waals surface area contributed by atoms with Crippen LogP contribution in [0.1, 0.15) is 47.0 Å². The van der Waals surface area contributed by atoms with Crippen molar-refractivity contribution < 1.29 is 9.59 Å². The second-order valence-electron chi connectivity index (χ2n) is 6.77. The summed E-state index contributed by atoms with van der Waals surface area (Å²) in [6, 6.07) is 10.5. The molecular formula is C20H21N5O2S. The van der Waals surface area contributed by atoms with E-state index in [0.717, 1.165) is 18.2 Å². The molecule has 8 heteroatoms. The second kappa shape index (κ2) is 7.93. The number of ketones is 1. The predicted molar refractivity (Wildman–Crippen MR) is 110 cm³/mol. The summed E-state index contributed by atoms with van der Waals surface area (Å²) in [5, 5.41) is 13.0. The Bertz CT molecular complexity index is 1000. The minimum absolute atomic E-state index is 0.0430. The van der Waals surface area contributed by atoms with Gasteiger partial charge < -0.3 is 10.2 Å². The van der Waals surface area contributed by atoms with Gasteiger partial charge >= 0.3 is 0 Å². The summed E-state index contributed by atoms with van der Waals surface area (Å²) in [6.45, 7) is 3.50. The first-order valence-corrected chi connectivity index (χ1v) is 10.1. The van der Waals surface area contributed by atoms with E-state index in [1.54, 1.807) is 41.1 Å². The lowest BCUT2D eigenvalue weighted by Crippen LogP contribution is -2.29. The number of hydrogen-bond donors (Lipinski definition) is 1. The van der Waals surface area contributed by atoms with Gasteiger partial charge in [0.25, 0.3) is 5.91 Å². The Morgan fingerprint density at radius 1 is 1.04 bits per heavy atom. The fraction of sp³-hybridized carbons (Fsp3) is 0.300. The molecule has 7 nitrogen and oxygen atoms in total. The molecule has 1 aromatic carbocycles. The average Bonchev–Trinajstić information content (AvgIpc) is 3.38. The molecule has 1 amide bonds. The van der Waals surface area contributed by atoms with Gasteiger partial charge in [0.2, 0.25) is 10.3 Å². The number of Topliss-reactive ketones (excluding diaryl/α,β-unsaturated/α-hetero) is 1. The van der Waals surface area contributed by atoms with Crippen LogP contribution in [0.2, 0.25) is 0 Å². The van der Waals surface area contributed by atoms with Gasteiger partial charge in [-0.2, -0.15) is 0 Å². The number of carbonyl (C=O) groups is 2. The molecule has 0 bridgehead atoms. The van der Waals surface area contributed by atoms with E-state index in [2.05, 4.69) is 20.4 Å². The van der Waals surface area contributed by atoms with Gasteiger partial charge in [0, 0.05) is 30.5 Å². The number of carbonyl (C=O) groups excluding carboxylic acids is 2. The highest BCUT2D eigenvalue weighted by Crippen LogP contribution is 2.27. The molecule has 0 radical (unpaired) electrons. The number of amides is 1. The van der Waals surface area contributed by atoms with Crippen molar-refractivity contribution in [1.82, 2.24) is 14.8 Å². The molecule has 1 aliphatic rings. The number of rotatable bonds is 5. The van der Waals surface area contributed by atoms with E-state index in [1.807, 2.05) is 6.07 Å². The highest BCUT2D eigenvalue weighted by Gasteiger charge is 2.19. The smallest absolute Gasteiger partial charge is 0.272 e. The minimum Gasteiger partial charge on any atom is -0.347 e. The number of benzene rings is 1. The third-order valence-electron chi connectivity index (χ3n) is 4.74. The number of nitrogens with one attached hydrogen (secondary N) is 1. The van der Waals surface area contributed by atoms with Crippen molar-refractivity contribution in [2.75, 3.05) is 23.3 Å². The third-order valence-corrected chi connectivity index (χ3v) is 5.73. The zero-order valence-electron chi connectivity index (χ0n) is 15.6. The Morgan fingerprint density at radius 3 is 2.61 bits per heavy atom. The Hall–Kier alpha value is -3.00. The van der Waals surface area contributed by atoms with Crippen LogP contribution in [0.25, 0.3) is 5.13 Å². The van der Waals surface area contributed by atoms with Gasteiger partial charge in [-0.05, 0) is 50.5 Å². The number of piperidine rings is 1. The van der Waals surface area contributed by atoms with Gasteiger partial charge in [-0.25, -0.2) is 0 Å². The molecule has 0 unspecified atom stereocenters. The Labute approximate surface area is 167 Å². The largest absolute Gasteiger partial charge is 0.347 e. The van der Waals surface area contributed by atoms with E-state index < -0.39 is 0 Å². The third kappa shape index (κ3) is 3.82. The lowest BCUT2D eigenvalue weighted by molar-refractivity contribution is 0.100. The number of hydrogen-bond acceptors (Lipinski definition) is 6. The van der Waals surface area contributed by atoms with Gasteiger partial charge in [0.1, 0.15) is 5.69 Å². The molecule has 1 saturated heterocycles. The molecule has 0 aliphatic carbocycles. The van der Waals surface area contributed by atoms with Crippen molar-refractivity contribution in [2.24, 2.45) is 0 Å². The molecule has 1 fully saturated rings. The second-order valence-corrected chi connectivity index (χ2v) is 7.70. The van der Waals surface area contributed by atoms with Gasteiger partial charge in [0.15, 0.2) is 5.78 Å². The van der Waals surface area contributed by atoms with Gasteiger partial charge in [-0.15, -0.1) is 10.2 Å². The molecule has 144 valence electrons. The van der Waals surface area contributed by atoms with Crippen LogP contribution in [0.15, 0.2) is 42.6 Å². The minimum atomic E-state index is -0.263. The maximum Gasteiger partial charge on any atom is 0.272 e. The van der Waals surface area contributed by atoms with E-state index in [9.17, 15) is 9.59 Å². The van der Waals surface area contributed by atoms with E-state index in [-0.39, 0.29) is 11.7 Å². The fourth-order valence-electron chi connectivity index (χ4n) is 3.26. The van der Waals surface area contributed by atoms with Crippen molar-refractivity contribution >= 4 is 33.8 Å². The Kier molecular flexibility index (Phi) is 5.21. The normalized spacial score (nSPS) is 14.1. The summed E-state index contributed by atoms with van der Waals surface area (Å²) in [6.07, 6.45) is 5.41. The van der Waals surface area contributed by atoms with Crippen molar-refractivity contribution in [3.05, 3.63) is 53.9 Å². The maximum absolute atomic E-state index is 12.8. The molecule has 28 heavy (non-hydrogen) atoms. The van der Waals surface area contributed by atoms with Crippen molar-refractivity contribution in [3.63, 3.8) is 0 Å². The van der Waals surface area contributed by atoms with Gasteiger partial charge in [0.05, 0.1) is 0 Å². The van der Waals surface area contributed by atoms with Crippen LogP contribution in [0.5, 0.6) is 0 Å². The summed E-state index contributed by atoms with van der Waals surface area (Å²) in [5.41, 5.74) is 1.61. The summed E-state index contributed by atoms with van der Waals surface area (Å²) < 4.78 is 1.75. The first-order chi connectivity index (χ1) is 13.6. The molecule has 0 saturated carbocycles. The Morgan fingerprint density at radius 2 is 1.82 bits per heavy atom. The monoisotopic (exact) mass is 395 g/mol. The van der Waals surface area contributed by atoms with Crippen LogP contribution in [0.3, 0.4) is 0 Å². The summed E-state index contributed by atoms with van der Waals surface area (Å²) in [7, 11) is 0. The summed E-state index contributed by atoms with van der Waals surface area (Å²) in [4.78, 5) is 26.6. The highest BCUT2D eigenvalue weighted by molar-refractivity contribution is 7.17. The molecule has 0 spiro atoms. The van der Waals surface area contributed by atoms with Gasteiger partial charge in [-0.3, -0.25) is 14.2 Å². The predicted octanol–water partition coefficient (Wildman–Crippen LogP) is 3.77. The Balaban J connectivity index is 1.54. The lowest BCUT2D eigenvalue weighted by Gasteiger charge is -2.25. The van der Waals surface area contributed by atoms with E-state index in [4.69, 9.17) is 0 Å². The fourth-order valence-corrected chi connectivity index (χ4v) is 4.16. The van der Waals surface area contributed by atoms with Gasteiger partial charge in [-0.1, -0.05) is 23.5 Å². The van der Waals surface area contributed by atoms with Crippen LogP contribution in [-0.2, 0) is 0 Å². The maximum atomic E-state index is 12.8. The van der Waals surface area contributed by atoms with Crippen LogP contribution >= 0.6 is 11.3 Å². The quantitative estimate of drug-likeness (QED) is 0.665. The molecule has 1 N–H and O–H groups in total. The van der Waals surface area contributed by atoms with Crippen LogP contribution in [-0.4, -0.2) is 39.5 Å². The average molecular weight is 395 g/mol.